The quantitative estimate of drug-likeness (QED) is 0.878. The first-order valence-electron chi connectivity index (χ1n) is 6.30. The largest absolute Gasteiger partial charge is 0.301 e. The number of rotatable bonds is 3. The summed E-state index contributed by atoms with van der Waals surface area (Å²) in [7, 11) is 0. The molecule has 1 saturated heterocycles. The molecule has 0 saturated carbocycles. The number of anilines is 1. The van der Waals surface area contributed by atoms with E-state index in [2.05, 4.69) is 34.7 Å². The van der Waals surface area contributed by atoms with Crippen molar-refractivity contribution in [3.8, 4) is 10.6 Å². The molecule has 4 nitrogen and oxygen atoms in total. The number of carbonyl (C=O) groups is 1. The molecule has 0 unspecified atom stereocenters. The Bertz CT molecular complexity index is 634. The van der Waals surface area contributed by atoms with Gasteiger partial charge in [0.05, 0.1) is 16.6 Å². The van der Waals surface area contributed by atoms with E-state index in [-0.39, 0.29) is 24.4 Å². The van der Waals surface area contributed by atoms with Crippen LogP contribution in [0.4, 0.5) is 5.13 Å². The number of halogens is 1. The average molecular weight is 362 g/mol. The van der Waals surface area contributed by atoms with Crippen molar-refractivity contribution in [1.82, 2.24) is 10.3 Å². The van der Waals surface area contributed by atoms with Crippen molar-refractivity contribution < 1.29 is 4.79 Å². The van der Waals surface area contributed by atoms with Crippen LogP contribution in [0.3, 0.4) is 0 Å². The number of thiophene rings is 1. The number of thioether (sulfide) groups is 1. The van der Waals surface area contributed by atoms with E-state index in [1.807, 2.05) is 6.92 Å². The van der Waals surface area contributed by atoms with Gasteiger partial charge in [-0.3, -0.25) is 10.1 Å². The Kier molecular flexibility index (Phi) is 5.67. The van der Waals surface area contributed by atoms with Crippen molar-refractivity contribution in [1.29, 1.82) is 0 Å². The number of thiazole rings is 1. The molecule has 114 valence electrons. The number of hydrogen-bond donors (Lipinski definition) is 2. The lowest BCUT2D eigenvalue weighted by atomic mass is 10.3. The molecule has 2 N–H and O–H groups in total. The predicted molar refractivity (Wildman–Crippen MR) is 95.0 cm³/mol. The highest BCUT2D eigenvalue weighted by Crippen LogP contribution is 2.34. The van der Waals surface area contributed by atoms with Gasteiger partial charge in [0.1, 0.15) is 0 Å². The highest BCUT2D eigenvalue weighted by molar-refractivity contribution is 7.99. The molecule has 1 atom stereocenters. The predicted octanol–water partition coefficient (Wildman–Crippen LogP) is 3.51. The van der Waals surface area contributed by atoms with Gasteiger partial charge in [0.25, 0.3) is 0 Å². The van der Waals surface area contributed by atoms with E-state index in [1.54, 1.807) is 23.1 Å². The van der Waals surface area contributed by atoms with Gasteiger partial charge in [0.15, 0.2) is 5.13 Å². The van der Waals surface area contributed by atoms with Crippen molar-refractivity contribution in [2.24, 2.45) is 0 Å². The minimum absolute atomic E-state index is 0. The number of nitrogens with one attached hydrogen (secondary N) is 2. The first kappa shape index (κ1) is 16.8. The van der Waals surface area contributed by atoms with Crippen LogP contribution in [0.25, 0.3) is 10.6 Å². The van der Waals surface area contributed by atoms with Gasteiger partial charge in [-0.1, -0.05) is 0 Å². The summed E-state index contributed by atoms with van der Waals surface area (Å²) in [6, 6.07) is 4.08. The minimum Gasteiger partial charge on any atom is -0.301 e. The molecule has 2 aromatic heterocycles. The van der Waals surface area contributed by atoms with Gasteiger partial charge in [0.2, 0.25) is 5.91 Å². The average Bonchev–Trinajstić information content (AvgIpc) is 3.10. The summed E-state index contributed by atoms with van der Waals surface area (Å²) in [6.45, 7) is 4.13. The summed E-state index contributed by atoms with van der Waals surface area (Å²) >= 11 is 5.00. The maximum absolute atomic E-state index is 12.1. The molecule has 1 aliphatic heterocycles. The number of aromatic nitrogens is 1. The van der Waals surface area contributed by atoms with Crippen molar-refractivity contribution in [3.63, 3.8) is 0 Å². The lowest BCUT2D eigenvalue weighted by Crippen LogP contribution is -2.37. The van der Waals surface area contributed by atoms with Crippen LogP contribution in [0, 0.1) is 13.8 Å². The Morgan fingerprint density at radius 1 is 1.38 bits per heavy atom. The van der Waals surface area contributed by atoms with E-state index in [0.29, 0.717) is 5.13 Å². The summed E-state index contributed by atoms with van der Waals surface area (Å²) in [6.07, 6.45) is 0. The Labute approximate surface area is 142 Å². The summed E-state index contributed by atoms with van der Waals surface area (Å²) in [5.41, 5.74) is 0.983. The molecule has 8 heteroatoms. The summed E-state index contributed by atoms with van der Waals surface area (Å²) < 4.78 is 0. The van der Waals surface area contributed by atoms with Gasteiger partial charge in [0, 0.05) is 21.4 Å². The molecule has 0 radical (unpaired) electrons. The lowest BCUT2D eigenvalue weighted by Gasteiger charge is -2.07. The molecule has 1 fully saturated rings. The molecule has 1 aliphatic rings. The summed E-state index contributed by atoms with van der Waals surface area (Å²) in [4.78, 5) is 20.2. The standard InChI is InChI=1S/C13H15N3OS3.ClH/c1-7-3-4-10(19-7)11-8(2)20-13(15-11)16-12(17)9-5-18-6-14-9;/h3-4,9,14H,5-6H2,1-2H3,(H,15,16,17);1H/t9-;/m1./s1. The van der Waals surface area contributed by atoms with Crippen molar-refractivity contribution >= 4 is 57.9 Å². The molecule has 3 rings (SSSR count). The number of carbonyl (C=O) groups excluding carboxylic acids is 1. The number of aryl methyl sites for hydroxylation is 2. The highest BCUT2D eigenvalue weighted by atomic mass is 35.5. The first-order valence-corrected chi connectivity index (χ1v) is 9.08. The molecule has 0 bridgehead atoms. The Morgan fingerprint density at radius 3 is 2.81 bits per heavy atom. The van der Waals surface area contributed by atoms with E-state index < -0.39 is 0 Å². The maximum atomic E-state index is 12.1. The highest BCUT2D eigenvalue weighted by Gasteiger charge is 2.23. The Hall–Kier alpha value is -0.600. The molecular weight excluding hydrogens is 346 g/mol. The van der Waals surface area contributed by atoms with Gasteiger partial charge < -0.3 is 5.32 Å². The second-order valence-corrected chi connectivity index (χ2v) is 8.12. The van der Waals surface area contributed by atoms with Crippen LogP contribution in [0.5, 0.6) is 0 Å². The molecular formula is C13H16ClN3OS3. The second kappa shape index (κ2) is 7.11. The number of nitrogens with zero attached hydrogens (tertiary/aromatic N) is 1. The van der Waals surface area contributed by atoms with Crippen LogP contribution in [0.2, 0.25) is 0 Å². The maximum Gasteiger partial charge on any atom is 0.244 e. The zero-order chi connectivity index (χ0) is 14.1. The molecule has 1 amide bonds. The number of amides is 1. The van der Waals surface area contributed by atoms with Gasteiger partial charge >= 0.3 is 0 Å². The van der Waals surface area contributed by atoms with E-state index in [9.17, 15) is 4.79 Å². The third-order valence-electron chi connectivity index (χ3n) is 3.03. The van der Waals surface area contributed by atoms with Crippen LogP contribution in [0.15, 0.2) is 12.1 Å². The summed E-state index contributed by atoms with van der Waals surface area (Å²) in [5, 5.41) is 6.77. The van der Waals surface area contributed by atoms with Crippen molar-refractivity contribution in [3.05, 3.63) is 21.9 Å². The number of hydrogen-bond acceptors (Lipinski definition) is 6. The van der Waals surface area contributed by atoms with Crippen LogP contribution < -0.4 is 10.6 Å². The van der Waals surface area contributed by atoms with E-state index >= 15 is 0 Å². The van der Waals surface area contributed by atoms with Gasteiger partial charge in [-0.05, 0) is 26.0 Å². The van der Waals surface area contributed by atoms with Crippen LogP contribution in [0.1, 0.15) is 9.75 Å². The van der Waals surface area contributed by atoms with Crippen LogP contribution >= 0.6 is 46.8 Å². The zero-order valence-electron chi connectivity index (χ0n) is 11.6. The smallest absolute Gasteiger partial charge is 0.244 e. The molecule has 3 heterocycles. The SMILES string of the molecule is Cc1ccc(-c2nc(NC(=O)[C@H]3CSCN3)sc2C)s1.Cl. The van der Waals surface area contributed by atoms with Crippen LogP contribution in [-0.4, -0.2) is 28.6 Å². The zero-order valence-corrected chi connectivity index (χ0v) is 14.9. The topological polar surface area (TPSA) is 54.0 Å². The molecule has 0 spiro atoms. The summed E-state index contributed by atoms with van der Waals surface area (Å²) in [5.74, 6) is 1.68. The van der Waals surface area contributed by atoms with Crippen molar-refractivity contribution in [2.45, 2.75) is 19.9 Å². The first-order chi connectivity index (χ1) is 9.63. The fourth-order valence-corrected chi connectivity index (χ4v) is 4.75. The van der Waals surface area contributed by atoms with Gasteiger partial charge in [-0.25, -0.2) is 4.98 Å². The molecule has 2 aromatic rings. The fourth-order valence-electron chi connectivity index (χ4n) is 2.00. The van der Waals surface area contributed by atoms with Gasteiger partial charge in [-0.2, -0.15) is 0 Å². The molecule has 21 heavy (non-hydrogen) atoms. The Balaban J connectivity index is 0.00000161. The monoisotopic (exact) mass is 361 g/mol. The van der Waals surface area contributed by atoms with E-state index in [4.69, 9.17) is 0 Å². The van der Waals surface area contributed by atoms with E-state index in [0.717, 1.165) is 27.1 Å². The third kappa shape index (κ3) is 3.78. The lowest BCUT2D eigenvalue weighted by molar-refractivity contribution is -0.117. The van der Waals surface area contributed by atoms with Gasteiger partial charge in [-0.15, -0.1) is 46.8 Å². The Morgan fingerprint density at radius 2 is 2.19 bits per heavy atom. The van der Waals surface area contributed by atoms with Crippen LogP contribution in [-0.2, 0) is 4.79 Å². The second-order valence-electron chi connectivity index (χ2n) is 4.60. The van der Waals surface area contributed by atoms with E-state index in [1.165, 1.54) is 16.2 Å². The molecule has 0 aliphatic carbocycles. The minimum atomic E-state index is -0.100. The van der Waals surface area contributed by atoms with Crippen molar-refractivity contribution in [2.75, 3.05) is 16.9 Å². The molecule has 0 aromatic carbocycles. The third-order valence-corrected chi connectivity index (χ3v) is 5.87. The fraction of sp³-hybridized carbons (Fsp3) is 0.385. The normalized spacial score (nSPS) is 17.5.